The molecule has 2 aliphatic rings. The van der Waals surface area contributed by atoms with Crippen molar-refractivity contribution < 1.29 is 25.6 Å². The van der Waals surface area contributed by atoms with E-state index < -0.39 is 11.5 Å². The molecule has 242 valence electrons. The summed E-state index contributed by atoms with van der Waals surface area (Å²) in [6, 6.07) is 8.27. The summed E-state index contributed by atoms with van der Waals surface area (Å²) in [7, 11) is 6.01. The number of benzene rings is 1. The number of esters is 1. The van der Waals surface area contributed by atoms with E-state index >= 15 is 0 Å². The fourth-order valence-electron chi connectivity index (χ4n) is 5.28. The number of fused-ring (bicyclic) bond motifs is 4. The number of ether oxygens (including phenoxy) is 2. The third-order valence-electron chi connectivity index (χ3n) is 7.65. The number of likely N-dealkylation sites (N-methyl/N-ethyl adjacent to an activating group) is 1. The molecule has 11 heteroatoms. The second kappa shape index (κ2) is 15.8. The summed E-state index contributed by atoms with van der Waals surface area (Å²) in [6.07, 6.45) is 0.887. The monoisotopic (exact) mass is 611 g/mol. The van der Waals surface area contributed by atoms with Crippen molar-refractivity contribution in [2.75, 3.05) is 34.2 Å². The number of aromatic hydroxyl groups is 1. The van der Waals surface area contributed by atoms with Crippen molar-refractivity contribution >= 4 is 23.3 Å². The van der Waals surface area contributed by atoms with Gasteiger partial charge < -0.3 is 34.3 Å². The minimum Gasteiger partial charge on any atom is -0.507 e. The standard InChI is InChI=1S/C24H25N3O6.C7H16N2.C2H6.H2/c1-4-5-22(30)32-12-17-20(29)9-19-23-14(10-27(19)24(17)31)8-15-16(11-26(2)3)21(33-13-28)7-6-18(15)25-23;1-6-5-9(3)7(2)4-8-6;1-2;/h6-9,13,29H,4-5,10-12H2,1-3H3;6-8H,4-5H2,1-3H3;1-2H3;1H/t;6-,7?;;/m.1../s1. The van der Waals surface area contributed by atoms with E-state index in [-0.39, 0.29) is 32.3 Å². The van der Waals surface area contributed by atoms with E-state index in [9.17, 15) is 19.5 Å². The van der Waals surface area contributed by atoms with Crippen molar-refractivity contribution in [3.63, 3.8) is 0 Å². The molecule has 3 aromatic rings. The SMILES string of the molecule is CC.CC1CN[C@H](C)CN1C.CCCC(=O)OCc1c(O)cc2n(c1=O)Cc1cc3c(CN(C)C)c(OC=O)ccc3nc1-2.[HH]. The molecule has 0 radical (unpaired) electrons. The van der Waals surface area contributed by atoms with E-state index in [1.54, 1.807) is 12.1 Å². The zero-order chi connectivity index (χ0) is 32.6. The summed E-state index contributed by atoms with van der Waals surface area (Å²) >= 11 is 0. The number of carbonyl (C=O) groups is 2. The molecule has 44 heavy (non-hydrogen) atoms. The third kappa shape index (κ3) is 8.02. The maximum Gasteiger partial charge on any atom is 0.306 e. The van der Waals surface area contributed by atoms with Crippen molar-refractivity contribution in [1.29, 1.82) is 0 Å². The van der Waals surface area contributed by atoms with Gasteiger partial charge in [0.15, 0.2) is 0 Å². The molecule has 2 N–H and O–H groups in total. The van der Waals surface area contributed by atoms with Crippen molar-refractivity contribution in [2.24, 2.45) is 0 Å². The number of nitrogens with one attached hydrogen (secondary N) is 1. The zero-order valence-electron chi connectivity index (χ0n) is 27.3. The number of nitrogens with zero attached hydrogens (tertiary/aromatic N) is 4. The first-order valence-corrected chi connectivity index (χ1v) is 15.3. The Kier molecular flexibility index (Phi) is 12.4. The maximum absolute atomic E-state index is 13.1. The minimum atomic E-state index is -0.421. The van der Waals surface area contributed by atoms with Gasteiger partial charge >= 0.3 is 5.97 Å². The van der Waals surface area contributed by atoms with Gasteiger partial charge in [-0.1, -0.05) is 20.8 Å². The summed E-state index contributed by atoms with van der Waals surface area (Å²) in [6.45, 7) is 13.6. The van der Waals surface area contributed by atoms with Crippen LogP contribution >= 0.6 is 0 Å². The second-order valence-corrected chi connectivity index (χ2v) is 11.4. The van der Waals surface area contributed by atoms with Crippen molar-refractivity contribution in [2.45, 2.75) is 79.2 Å². The van der Waals surface area contributed by atoms with Gasteiger partial charge in [0.05, 0.1) is 29.0 Å². The topological polar surface area (TPSA) is 126 Å². The molecule has 2 aromatic heterocycles. The average molecular weight is 612 g/mol. The van der Waals surface area contributed by atoms with Crippen molar-refractivity contribution in [3.8, 4) is 22.9 Å². The summed E-state index contributed by atoms with van der Waals surface area (Å²) in [5, 5.41) is 14.7. The number of rotatable bonds is 8. The first-order chi connectivity index (χ1) is 21.0. The molecule has 11 nitrogen and oxygen atoms in total. The molecule has 1 fully saturated rings. The quantitative estimate of drug-likeness (QED) is 0.222. The molecular weight excluding hydrogens is 562 g/mol. The highest BCUT2D eigenvalue weighted by Crippen LogP contribution is 2.37. The molecule has 0 bridgehead atoms. The Balaban J connectivity index is 0.000000502. The van der Waals surface area contributed by atoms with Crippen LogP contribution in [0, 0.1) is 0 Å². The van der Waals surface area contributed by atoms with Crippen LogP contribution in [-0.4, -0.2) is 83.2 Å². The molecule has 0 saturated carbocycles. The number of piperazine rings is 1. The third-order valence-corrected chi connectivity index (χ3v) is 7.65. The Morgan fingerprint density at radius 3 is 2.57 bits per heavy atom. The van der Waals surface area contributed by atoms with E-state index in [0.29, 0.717) is 54.2 Å². The first kappa shape index (κ1) is 34.7. The maximum atomic E-state index is 13.1. The van der Waals surface area contributed by atoms with Crippen LogP contribution in [0.4, 0.5) is 0 Å². The summed E-state index contributed by atoms with van der Waals surface area (Å²) in [4.78, 5) is 44.9. The van der Waals surface area contributed by atoms with Gasteiger partial charge in [-0.15, -0.1) is 0 Å². The van der Waals surface area contributed by atoms with Crippen LogP contribution in [0.2, 0.25) is 0 Å². The van der Waals surface area contributed by atoms with Crippen LogP contribution in [0.5, 0.6) is 11.5 Å². The highest BCUT2D eigenvalue weighted by atomic mass is 16.5. The molecular formula is C33H49N5O6. The summed E-state index contributed by atoms with van der Waals surface area (Å²) in [5.74, 6) is -0.192. The van der Waals surface area contributed by atoms with Gasteiger partial charge in [0.2, 0.25) is 0 Å². The molecule has 5 rings (SSSR count). The van der Waals surface area contributed by atoms with E-state index in [1.165, 1.54) is 17.2 Å². The van der Waals surface area contributed by atoms with Crippen LogP contribution in [0.3, 0.4) is 0 Å². The van der Waals surface area contributed by atoms with Gasteiger partial charge in [0.25, 0.3) is 12.0 Å². The van der Waals surface area contributed by atoms with Gasteiger partial charge in [-0.05, 0) is 59.6 Å². The van der Waals surface area contributed by atoms with Gasteiger partial charge in [0.1, 0.15) is 18.1 Å². The van der Waals surface area contributed by atoms with Crippen molar-refractivity contribution in [1.82, 2.24) is 24.7 Å². The molecule has 2 atom stereocenters. The molecule has 0 aliphatic carbocycles. The lowest BCUT2D eigenvalue weighted by Crippen LogP contribution is -2.52. The van der Waals surface area contributed by atoms with Gasteiger partial charge in [-0.3, -0.25) is 14.4 Å². The number of carbonyl (C=O) groups excluding carboxylic acids is 2. The van der Waals surface area contributed by atoms with E-state index in [1.807, 2.05) is 45.8 Å². The van der Waals surface area contributed by atoms with Crippen LogP contribution in [-0.2, 0) is 34.0 Å². The fourth-order valence-corrected chi connectivity index (χ4v) is 5.28. The van der Waals surface area contributed by atoms with E-state index in [2.05, 4.69) is 31.1 Å². The smallest absolute Gasteiger partial charge is 0.306 e. The Hall–Kier alpha value is -3.80. The molecule has 1 aromatic carbocycles. The molecule has 1 saturated heterocycles. The lowest BCUT2D eigenvalue weighted by Gasteiger charge is -2.34. The molecule has 1 unspecified atom stereocenters. The molecule has 4 heterocycles. The van der Waals surface area contributed by atoms with Gasteiger partial charge in [0, 0.05) is 62.1 Å². The number of hydrogen-bond donors (Lipinski definition) is 2. The van der Waals surface area contributed by atoms with E-state index in [0.717, 1.165) is 23.1 Å². The van der Waals surface area contributed by atoms with Gasteiger partial charge in [-0.2, -0.15) is 0 Å². The lowest BCUT2D eigenvalue weighted by molar-refractivity contribution is -0.145. The first-order valence-electron chi connectivity index (χ1n) is 15.3. The zero-order valence-corrected chi connectivity index (χ0v) is 27.3. The number of pyridine rings is 2. The highest BCUT2D eigenvalue weighted by Gasteiger charge is 2.26. The van der Waals surface area contributed by atoms with Crippen LogP contribution in [0.25, 0.3) is 22.3 Å². The Bertz CT molecular complexity index is 1530. The normalized spacial score (nSPS) is 17.1. The molecule has 2 aliphatic heterocycles. The second-order valence-electron chi connectivity index (χ2n) is 11.4. The predicted molar refractivity (Wildman–Crippen MR) is 174 cm³/mol. The summed E-state index contributed by atoms with van der Waals surface area (Å²) < 4.78 is 11.8. The largest absolute Gasteiger partial charge is 0.507 e. The van der Waals surface area contributed by atoms with Crippen LogP contribution in [0.1, 0.15) is 65.6 Å². The number of hydrogen-bond acceptors (Lipinski definition) is 10. The Morgan fingerprint density at radius 1 is 1.23 bits per heavy atom. The minimum absolute atomic E-state index is 0. The highest BCUT2D eigenvalue weighted by molar-refractivity contribution is 5.89. The van der Waals surface area contributed by atoms with E-state index in [4.69, 9.17) is 14.5 Å². The molecule has 0 amide bonds. The predicted octanol–water partition coefficient (Wildman–Crippen LogP) is 4.14. The fraction of sp³-hybridized carbons (Fsp3) is 0.515. The number of aromatic nitrogens is 2. The average Bonchev–Trinajstić information content (AvgIpc) is 3.34. The lowest BCUT2D eigenvalue weighted by atomic mass is 10.0. The Labute approximate surface area is 261 Å². The molecule has 0 spiro atoms. The van der Waals surface area contributed by atoms with Gasteiger partial charge in [-0.25, -0.2) is 4.98 Å². The van der Waals surface area contributed by atoms with Crippen LogP contribution < -0.4 is 15.6 Å². The van der Waals surface area contributed by atoms with Crippen molar-refractivity contribution in [3.05, 3.63) is 51.3 Å². The summed E-state index contributed by atoms with van der Waals surface area (Å²) in [5.41, 5.74) is 3.02. The van der Waals surface area contributed by atoms with Crippen LogP contribution in [0.15, 0.2) is 29.1 Å². The Morgan fingerprint density at radius 2 is 1.95 bits per heavy atom.